The smallest absolute Gasteiger partial charge is 0.269 e. The van der Waals surface area contributed by atoms with Gasteiger partial charge in [0.1, 0.15) is 12.3 Å². The summed E-state index contributed by atoms with van der Waals surface area (Å²) in [6, 6.07) is 18.5. The normalized spacial score (nSPS) is 19.7. The number of rotatable bonds is 5. The first-order valence-corrected chi connectivity index (χ1v) is 11.2. The standard InChI is InChI=1S/C24H21N3O4S/c1-16-6-4-7-17(12-16)27-22(29)15-32-24(27)19-9-2-3-10-20(19)26(23(24)30)14-21(28)25-13-18-8-5-11-31-18/h2-12H,13-15H2,1H3,(H,25,28). The van der Waals surface area contributed by atoms with Crippen LogP contribution < -0.4 is 15.1 Å². The maximum atomic E-state index is 13.9. The molecule has 0 saturated carbocycles. The Morgan fingerprint density at radius 2 is 1.97 bits per heavy atom. The minimum Gasteiger partial charge on any atom is -0.467 e. The molecule has 7 nitrogen and oxygen atoms in total. The van der Waals surface area contributed by atoms with Crippen molar-refractivity contribution >= 4 is 40.9 Å². The molecule has 162 valence electrons. The summed E-state index contributed by atoms with van der Waals surface area (Å²) in [5.74, 6) is 0.0904. The molecule has 3 aromatic rings. The number of fused-ring (bicyclic) bond motifs is 2. The highest BCUT2D eigenvalue weighted by molar-refractivity contribution is 8.02. The molecule has 8 heteroatoms. The summed E-state index contributed by atoms with van der Waals surface area (Å²) in [7, 11) is 0. The number of hydrogen-bond acceptors (Lipinski definition) is 5. The maximum absolute atomic E-state index is 13.9. The topological polar surface area (TPSA) is 82.9 Å². The number of benzene rings is 2. The van der Waals surface area contributed by atoms with Crippen LogP contribution in [0.2, 0.25) is 0 Å². The molecule has 1 spiro atoms. The zero-order chi connectivity index (χ0) is 22.3. The molecule has 5 rings (SSSR count). The SMILES string of the molecule is Cc1cccc(N2C(=O)CSC23C(=O)N(CC(=O)NCc2ccco2)c2ccccc23)c1. The van der Waals surface area contributed by atoms with Crippen LogP contribution in [0.3, 0.4) is 0 Å². The number of para-hydroxylation sites is 1. The van der Waals surface area contributed by atoms with Gasteiger partial charge in [0.25, 0.3) is 5.91 Å². The molecule has 2 aliphatic rings. The first-order chi connectivity index (χ1) is 15.5. The number of hydrogen-bond donors (Lipinski definition) is 1. The van der Waals surface area contributed by atoms with Crippen molar-refractivity contribution in [3.63, 3.8) is 0 Å². The van der Waals surface area contributed by atoms with Crippen molar-refractivity contribution in [1.82, 2.24) is 5.32 Å². The van der Waals surface area contributed by atoms with Gasteiger partial charge in [0.15, 0.2) is 0 Å². The van der Waals surface area contributed by atoms with E-state index in [0.717, 1.165) is 11.1 Å². The molecule has 0 bridgehead atoms. The molecule has 3 amide bonds. The van der Waals surface area contributed by atoms with Gasteiger partial charge in [0, 0.05) is 11.3 Å². The Morgan fingerprint density at radius 3 is 2.75 bits per heavy atom. The van der Waals surface area contributed by atoms with Crippen LogP contribution in [0.25, 0.3) is 0 Å². The van der Waals surface area contributed by atoms with Gasteiger partial charge in [-0.1, -0.05) is 30.3 Å². The van der Waals surface area contributed by atoms with E-state index in [2.05, 4.69) is 5.32 Å². The molecule has 1 aromatic heterocycles. The Bertz CT molecular complexity index is 1210. The number of amides is 3. The van der Waals surface area contributed by atoms with Gasteiger partial charge in [-0.25, -0.2) is 0 Å². The molecule has 1 unspecified atom stereocenters. The zero-order valence-electron chi connectivity index (χ0n) is 17.4. The van der Waals surface area contributed by atoms with Crippen molar-refractivity contribution in [2.45, 2.75) is 18.3 Å². The maximum Gasteiger partial charge on any atom is 0.269 e. The van der Waals surface area contributed by atoms with Gasteiger partial charge in [0.2, 0.25) is 16.7 Å². The van der Waals surface area contributed by atoms with Gasteiger partial charge in [0.05, 0.1) is 24.2 Å². The van der Waals surface area contributed by atoms with Crippen LogP contribution in [0, 0.1) is 6.92 Å². The molecule has 1 atom stereocenters. The van der Waals surface area contributed by atoms with E-state index in [0.29, 0.717) is 17.1 Å². The minimum atomic E-state index is -1.22. The van der Waals surface area contributed by atoms with Gasteiger partial charge < -0.3 is 9.73 Å². The van der Waals surface area contributed by atoms with Gasteiger partial charge in [-0.3, -0.25) is 24.2 Å². The lowest BCUT2D eigenvalue weighted by molar-refractivity contribution is -0.125. The van der Waals surface area contributed by atoms with Crippen LogP contribution >= 0.6 is 11.8 Å². The van der Waals surface area contributed by atoms with Crippen molar-refractivity contribution in [2.75, 3.05) is 22.1 Å². The Labute approximate surface area is 189 Å². The molecule has 3 heterocycles. The molecule has 1 saturated heterocycles. The summed E-state index contributed by atoms with van der Waals surface area (Å²) in [5, 5.41) is 2.79. The second kappa shape index (κ2) is 7.87. The van der Waals surface area contributed by atoms with Gasteiger partial charge in [-0.15, -0.1) is 11.8 Å². The van der Waals surface area contributed by atoms with Crippen LogP contribution in [-0.4, -0.2) is 30.0 Å². The number of carbonyl (C=O) groups is 3. The molecule has 32 heavy (non-hydrogen) atoms. The van der Waals surface area contributed by atoms with Crippen LogP contribution in [0.4, 0.5) is 11.4 Å². The lowest BCUT2D eigenvalue weighted by Gasteiger charge is -2.33. The van der Waals surface area contributed by atoms with E-state index in [4.69, 9.17) is 4.42 Å². The summed E-state index contributed by atoms with van der Waals surface area (Å²) in [6.07, 6.45) is 1.54. The molecular weight excluding hydrogens is 426 g/mol. The van der Waals surface area contributed by atoms with E-state index in [9.17, 15) is 14.4 Å². The second-order valence-electron chi connectivity index (χ2n) is 7.77. The Balaban J connectivity index is 1.49. The molecule has 0 aliphatic carbocycles. The van der Waals surface area contributed by atoms with Crippen molar-refractivity contribution < 1.29 is 18.8 Å². The Morgan fingerprint density at radius 1 is 1.12 bits per heavy atom. The highest BCUT2D eigenvalue weighted by Crippen LogP contribution is 2.55. The van der Waals surface area contributed by atoms with Gasteiger partial charge >= 0.3 is 0 Å². The molecule has 0 radical (unpaired) electrons. The van der Waals surface area contributed by atoms with E-state index in [1.807, 2.05) is 55.5 Å². The highest BCUT2D eigenvalue weighted by atomic mass is 32.2. The van der Waals surface area contributed by atoms with Gasteiger partial charge in [-0.2, -0.15) is 0 Å². The third kappa shape index (κ3) is 3.18. The average Bonchev–Trinajstić information content (AvgIpc) is 3.48. The van der Waals surface area contributed by atoms with E-state index in [1.165, 1.54) is 16.7 Å². The summed E-state index contributed by atoms with van der Waals surface area (Å²) in [5.41, 5.74) is 3.04. The zero-order valence-corrected chi connectivity index (χ0v) is 18.2. The van der Waals surface area contributed by atoms with Crippen LogP contribution in [0.15, 0.2) is 71.3 Å². The first-order valence-electron chi connectivity index (χ1n) is 10.2. The highest BCUT2D eigenvalue weighted by Gasteiger charge is 2.61. The summed E-state index contributed by atoms with van der Waals surface area (Å²) >= 11 is 1.30. The fourth-order valence-corrected chi connectivity index (χ4v) is 5.64. The summed E-state index contributed by atoms with van der Waals surface area (Å²) in [6.45, 7) is 2.04. The van der Waals surface area contributed by atoms with E-state index < -0.39 is 4.87 Å². The number of furan rings is 1. The van der Waals surface area contributed by atoms with E-state index in [1.54, 1.807) is 23.3 Å². The molecular formula is C24H21N3O4S. The lowest BCUT2D eigenvalue weighted by atomic mass is 10.0. The van der Waals surface area contributed by atoms with E-state index >= 15 is 0 Å². The van der Waals surface area contributed by atoms with Crippen molar-refractivity contribution in [2.24, 2.45) is 0 Å². The fraction of sp³-hybridized carbons (Fsp3) is 0.208. The molecule has 1 N–H and O–H groups in total. The average molecular weight is 448 g/mol. The molecule has 2 aliphatic heterocycles. The summed E-state index contributed by atoms with van der Waals surface area (Å²) in [4.78, 5) is 41.4. The Kier molecular flexibility index (Phi) is 5.01. The van der Waals surface area contributed by atoms with E-state index in [-0.39, 0.29) is 36.6 Å². The number of aryl methyl sites for hydroxylation is 1. The fourth-order valence-electron chi connectivity index (χ4n) is 4.28. The monoisotopic (exact) mass is 447 g/mol. The van der Waals surface area contributed by atoms with Crippen molar-refractivity contribution in [3.05, 3.63) is 83.8 Å². The lowest BCUT2D eigenvalue weighted by Crippen LogP contribution is -2.51. The third-order valence-electron chi connectivity index (χ3n) is 5.67. The number of thioether (sulfide) groups is 1. The molecule has 2 aromatic carbocycles. The van der Waals surface area contributed by atoms with Gasteiger partial charge in [-0.05, 0) is 42.8 Å². The largest absolute Gasteiger partial charge is 0.467 e. The van der Waals surface area contributed by atoms with Crippen LogP contribution in [0.5, 0.6) is 0 Å². The third-order valence-corrected chi connectivity index (χ3v) is 7.05. The first kappa shape index (κ1) is 20.4. The molecule has 1 fully saturated rings. The number of carbonyl (C=O) groups excluding carboxylic acids is 3. The van der Waals surface area contributed by atoms with Crippen LogP contribution in [-0.2, 0) is 25.8 Å². The minimum absolute atomic E-state index is 0.132. The van der Waals surface area contributed by atoms with Crippen molar-refractivity contribution in [3.8, 4) is 0 Å². The number of anilines is 2. The predicted molar refractivity (Wildman–Crippen MR) is 122 cm³/mol. The second-order valence-corrected chi connectivity index (χ2v) is 8.93. The van der Waals surface area contributed by atoms with Crippen molar-refractivity contribution in [1.29, 1.82) is 0 Å². The number of nitrogens with one attached hydrogen (secondary N) is 1. The van der Waals surface area contributed by atoms with Crippen LogP contribution in [0.1, 0.15) is 16.9 Å². The quantitative estimate of drug-likeness (QED) is 0.650. The summed E-state index contributed by atoms with van der Waals surface area (Å²) < 4.78 is 5.25. The Hall–Kier alpha value is -3.52. The predicted octanol–water partition coefficient (Wildman–Crippen LogP) is 3.18. The number of nitrogens with zero attached hydrogens (tertiary/aromatic N) is 2.